The van der Waals surface area contributed by atoms with E-state index in [1.807, 2.05) is 11.8 Å². The Balaban J connectivity index is 0.00000210. The predicted molar refractivity (Wildman–Crippen MR) is 104 cm³/mol. The van der Waals surface area contributed by atoms with Crippen molar-refractivity contribution in [3.05, 3.63) is 47.5 Å². The summed E-state index contributed by atoms with van der Waals surface area (Å²) in [5.74, 6) is -0.361. The van der Waals surface area contributed by atoms with Crippen LogP contribution in [0.15, 0.2) is 30.5 Å². The van der Waals surface area contributed by atoms with E-state index in [2.05, 4.69) is 15.3 Å². The smallest absolute Gasteiger partial charge is 0.257 e. The van der Waals surface area contributed by atoms with E-state index in [9.17, 15) is 9.18 Å². The van der Waals surface area contributed by atoms with Crippen LogP contribution in [0, 0.1) is 12.7 Å². The van der Waals surface area contributed by atoms with Gasteiger partial charge >= 0.3 is 0 Å². The Morgan fingerprint density at radius 2 is 1.96 bits per heavy atom. The average molecular weight is 394 g/mol. The molecule has 1 aromatic heterocycles. The standard InChI is InChI=1S/C19H24FN5O.ClH/c1-14-16(12-22-25(14)18-5-3-2-4-17(18)20)19(26)24-9-6-15(13-24)23-10-7-21-8-11-23;/h2-5,12,15,21H,6-11,13H2,1H3;1H. The van der Waals surface area contributed by atoms with Gasteiger partial charge in [0.25, 0.3) is 5.91 Å². The fourth-order valence-corrected chi connectivity index (χ4v) is 3.93. The quantitative estimate of drug-likeness (QED) is 0.864. The molecule has 2 saturated heterocycles. The Labute approximate surface area is 164 Å². The number of aromatic nitrogens is 2. The summed E-state index contributed by atoms with van der Waals surface area (Å²) in [5, 5.41) is 7.62. The van der Waals surface area contributed by atoms with E-state index in [0.29, 0.717) is 23.0 Å². The lowest BCUT2D eigenvalue weighted by molar-refractivity contribution is 0.0772. The maximum Gasteiger partial charge on any atom is 0.257 e. The fraction of sp³-hybridized carbons (Fsp3) is 0.474. The van der Waals surface area contributed by atoms with Crippen molar-refractivity contribution >= 4 is 18.3 Å². The molecule has 2 aliphatic heterocycles. The number of benzene rings is 1. The van der Waals surface area contributed by atoms with Crippen LogP contribution in [0.5, 0.6) is 0 Å². The fourth-order valence-electron chi connectivity index (χ4n) is 3.93. The number of carbonyl (C=O) groups is 1. The first-order valence-electron chi connectivity index (χ1n) is 9.18. The van der Waals surface area contributed by atoms with E-state index in [-0.39, 0.29) is 24.1 Å². The van der Waals surface area contributed by atoms with Gasteiger partial charge in [-0.05, 0) is 25.5 Å². The molecule has 0 saturated carbocycles. The van der Waals surface area contributed by atoms with Crippen molar-refractivity contribution in [3.63, 3.8) is 0 Å². The van der Waals surface area contributed by atoms with Gasteiger partial charge in [0.2, 0.25) is 0 Å². The molecule has 1 aromatic carbocycles. The molecule has 1 N–H and O–H groups in total. The molecule has 2 fully saturated rings. The molecule has 1 amide bonds. The molecule has 27 heavy (non-hydrogen) atoms. The Bertz CT molecular complexity index is 805. The van der Waals surface area contributed by atoms with Crippen LogP contribution in [0.4, 0.5) is 4.39 Å². The van der Waals surface area contributed by atoms with Gasteiger partial charge in [-0.1, -0.05) is 12.1 Å². The largest absolute Gasteiger partial charge is 0.337 e. The number of nitrogens with one attached hydrogen (secondary N) is 1. The van der Waals surface area contributed by atoms with Gasteiger partial charge < -0.3 is 10.2 Å². The van der Waals surface area contributed by atoms with E-state index in [0.717, 1.165) is 45.7 Å². The summed E-state index contributed by atoms with van der Waals surface area (Å²) in [6, 6.07) is 6.91. The zero-order chi connectivity index (χ0) is 18.1. The number of nitrogens with zero attached hydrogens (tertiary/aromatic N) is 4. The number of likely N-dealkylation sites (tertiary alicyclic amines) is 1. The van der Waals surface area contributed by atoms with E-state index in [4.69, 9.17) is 0 Å². The lowest BCUT2D eigenvalue weighted by atomic mass is 10.2. The van der Waals surface area contributed by atoms with Gasteiger partial charge in [0.05, 0.1) is 17.5 Å². The monoisotopic (exact) mass is 393 g/mol. The van der Waals surface area contributed by atoms with E-state index in [1.54, 1.807) is 24.4 Å². The molecule has 0 radical (unpaired) electrons. The van der Waals surface area contributed by atoms with Crippen LogP contribution >= 0.6 is 12.4 Å². The SMILES string of the molecule is Cc1c(C(=O)N2CCC(N3CCNCC3)C2)cnn1-c1ccccc1F.Cl. The summed E-state index contributed by atoms with van der Waals surface area (Å²) in [5.41, 5.74) is 1.59. The molecular formula is C19H25ClFN5O. The second kappa shape index (κ2) is 8.37. The Morgan fingerprint density at radius 1 is 1.22 bits per heavy atom. The van der Waals surface area contributed by atoms with Crippen LogP contribution < -0.4 is 5.32 Å². The van der Waals surface area contributed by atoms with Crippen LogP contribution in [0.2, 0.25) is 0 Å². The number of para-hydroxylation sites is 1. The molecule has 8 heteroatoms. The van der Waals surface area contributed by atoms with Gasteiger partial charge in [-0.2, -0.15) is 5.10 Å². The zero-order valence-corrected chi connectivity index (χ0v) is 16.2. The molecule has 2 aliphatic rings. The van der Waals surface area contributed by atoms with Gasteiger partial charge in [0.1, 0.15) is 11.5 Å². The van der Waals surface area contributed by atoms with Crippen molar-refractivity contribution in [3.8, 4) is 5.69 Å². The summed E-state index contributed by atoms with van der Waals surface area (Å²) in [4.78, 5) is 17.4. The van der Waals surface area contributed by atoms with Crippen molar-refractivity contribution in [1.82, 2.24) is 24.9 Å². The summed E-state index contributed by atoms with van der Waals surface area (Å²) >= 11 is 0. The van der Waals surface area contributed by atoms with Crippen molar-refractivity contribution in [2.75, 3.05) is 39.3 Å². The molecule has 0 spiro atoms. The second-order valence-corrected chi connectivity index (χ2v) is 6.99. The van der Waals surface area contributed by atoms with Crippen molar-refractivity contribution in [2.24, 2.45) is 0 Å². The highest BCUT2D eigenvalue weighted by Gasteiger charge is 2.32. The number of carbonyl (C=O) groups excluding carboxylic acids is 1. The average Bonchev–Trinajstić information content (AvgIpc) is 3.30. The molecule has 0 aliphatic carbocycles. The second-order valence-electron chi connectivity index (χ2n) is 6.99. The third kappa shape index (κ3) is 3.85. The normalized spacial score (nSPS) is 20.5. The molecule has 146 valence electrons. The van der Waals surface area contributed by atoms with E-state index < -0.39 is 0 Å². The van der Waals surface area contributed by atoms with Gasteiger partial charge in [-0.3, -0.25) is 9.69 Å². The topological polar surface area (TPSA) is 53.4 Å². The van der Waals surface area contributed by atoms with Crippen molar-refractivity contribution < 1.29 is 9.18 Å². The number of rotatable bonds is 3. The van der Waals surface area contributed by atoms with Crippen LogP contribution in [-0.2, 0) is 0 Å². The Morgan fingerprint density at radius 3 is 2.70 bits per heavy atom. The molecular weight excluding hydrogens is 369 g/mol. The van der Waals surface area contributed by atoms with Crippen molar-refractivity contribution in [2.45, 2.75) is 19.4 Å². The lowest BCUT2D eigenvalue weighted by Crippen LogP contribution is -2.49. The molecule has 1 unspecified atom stereocenters. The summed E-state index contributed by atoms with van der Waals surface area (Å²) < 4.78 is 15.6. The predicted octanol–water partition coefficient (Wildman–Crippen LogP) is 1.86. The van der Waals surface area contributed by atoms with E-state index >= 15 is 0 Å². The van der Waals surface area contributed by atoms with E-state index in [1.165, 1.54) is 10.7 Å². The first kappa shape index (κ1) is 19.8. The van der Waals surface area contributed by atoms with Gasteiger partial charge in [0.15, 0.2) is 0 Å². The number of hydrogen-bond acceptors (Lipinski definition) is 4. The van der Waals surface area contributed by atoms with Crippen molar-refractivity contribution in [1.29, 1.82) is 0 Å². The number of halogens is 2. The first-order valence-corrected chi connectivity index (χ1v) is 9.18. The third-order valence-corrected chi connectivity index (χ3v) is 5.44. The highest BCUT2D eigenvalue weighted by molar-refractivity contribution is 5.95. The Kier molecular flexibility index (Phi) is 6.14. The maximum atomic E-state index is 14.1. The molecule has 3 heterocycles. The highest BCUT2D eigenvalue weighted by Crippen LogP contribution is 2.22. The first-order chi connectivity index (χ1) is 12.6. The van der Waals surface area contributed by atoms with Crippen LogP contribution in [0.25, 0.3) is 5.69 Å². The summed E-state index contributed by atoms with van der Waals surface area (Å²) in [7, 11) is 0. The minimum absolute atomic E-state index is 0. The molecule has 1 atom stereocenters. The molecule has 6 nitrogen and oxygen atoms in total. The Hall–Kier alpha value is -1.96. The van der Waals surface area contributed by atoms with Gasteiger partial charge in [0, 0.05) is 45.3 Å². The molecule has 0 bridgehead atoms. The van der Waals surface area contributed by atoms with Gasteiger partial charge in [-0.15, -0.1) is 12.4 Å². The number of piperazine rings is 1. The molecule has 2 aromatic rings. The summed E-state index contributed by atoms with van der Waals surface area (Å²) in [6.45, 7) is 7.43. The van der Waals surface area contributed by atoms with Crippen LogP contribution in [0.3, 0.4) is 0 Å². The lowest BCUT2D eigenvalue weighted by Gasteiger charge is -2.32. The number of amides is 1. The zero-order valence-electron chi connectivity index (χ0n) is 15.4. The van der Waals surface area contributed by atoms with Gasteiger partial charge in [-0.25, -0.2) is 9.07 Å². The highest BCUT2D eigenvalue weighted by atomic mass is 35.5. The number of hydrogen-bond donors (Lipinski definition) is 1. The minimum Gasteiger partial charge on any atom is -0.337 e. The van der Waals surface area contributed by atoms with Crippen LogP contribution in [0.1, 0.15) is 22.5 Å². The summed E-state index contributed by atoms with van der Waals surface area (Å²) in [6.07, 6.45) is 2.56. The molecule has 4 rings (SSSR count). The van der Waals surface area contributed by atoms with Crippen LogP contribution in [-0.4, -0.2) is 70.8 Å². The maximum absolute atomic E-state index is 14.1. The third-order valence-electron chi connectivity index (χ3n) is 5.44. The minimum atomic E-state index is -0.349.